The summed E-state index contributed by atoms with van der Waals surface area (Å²) in [5.41, 5.74) is -0.479. The van der Waals surface area contributed by atoms with Crippen molar-refractivity contribution in [3.8, 4) is 0 Å². The Balaban J connectivity index is 1.26. The third-order valence-corrected chi connectivity index (χ3v) is 9.28. The highest BCUT2D eigenvalue weighted by Gasteiger charge is 2.72. The summed E-state index contributed by atoms with van der Waals surface area (Å²) < 4.78 is 12.8. The minimum Gasteiger partial charge on any atom is -0.379 e. The zero-order valence-corrected chi connectivity index (χ0v) is 23.0. The van der Waals surface area contributed by atoms with Gasteiger partial charge in [-0.1, -0.05) is 47.3 Å². The summed E-state index contributed by atoms with van der Waals surface area (Å²) in [5, 5.41) is 6.21. The third kappa shape index (κ3) is 4.69. The molecule has 2 N–H and O–H groups in total. The molecule has 4 aliphatic heterocycles. The molecular formula is C28H35BrN4O5. The second kappa shape index (κ2) is 10.7. The lowest BCUT2D eigenvalue weighted by atomic mass is 9.74. The molecule has 1 aromatic carbocycles. The van der Waals surface area contributed by atoms with E-state index in [0.29, 0.717) is 32.0 Å². The van der Waals surface area contributed by atoms with Gasteiger partial charge in [0.05, 0.1) is 31.2 Å². The fraction of sp³-hybridized carbons (Fsp3) is 0.607. The largest absolute Gasteiger partial charge is 0.379 e. The molecule has 1 aliphatic carbocycles. The van der Waals surface area contributed by atoms with Gasteiger partial charge in [-0.15, -0.1) is 0 Å². The van der Waals surface area contributed by atoms with Crippen molar-refractivity contribution in [3.63, 3.8) is 0 Å². The van der Waals surface area contributed by atoms with Gasteiger partial charge in [0.1, 0.15) is 11.6 Å². The Kier molecular flexibility index (Phi) is 7.32. The third-order valence-electron chi connectivity index (χ3n) is 8.75. The highest BCUT2D eigenvalue weighted by atomic mass is 79.9. The Morgan fingerprint density at radius 3 is 2.50 bits per heavy atom. The Morgan fingerprint density at radius 2 is 1.76 bits per heavy atom. The molecule has 9 nitrogen and oxygen atoms in total. The smallest absolute Gasteiger partial charge is 0.246 e. The molecule has 0 radical (unpaired) electrons. The maximum atomic E-state index is 14.1. The zero-order chi connectivity index (χ0) is 26.3. The Morgan fingerprint density at radius 1 is 1.03 bits per heavy atom. The van der Waals surface area contributed by atoms with Crippen LogP contribution < -0.4 is 10.6 Å². The summed E-state index contributed by atoms with van der Waals surface area (Å²) in [6.45, 7) is 3.98. The number of benzene rings is 1. The van der Waals surface area contributed by atoms with Gasteiger partial charge < -0.3 is 25.0 Å². The average Bonchev–Trinajstić information content (AvgIpc) is 3.57. The lowest BCUT2D eigenvalue weighted by Crippen LogP contribution is -2.57. The van der Waals surface area contributed by atoms with E-state index in [0.717, 1.165) is 43.2 Å². The Bertz CT molecular complexity index is 1100. The van der Waals surface area contributed by atoms with Crippen LogP contribution in [0.5, 0.6) is 0 Å². The van der Waals surface area contributed by atoms with E-state index in [1.165, 1.54) is 6.42 Å². The summed E-state index contributed by atoms with van der Waals surface area (Å²) in [5.74, 6) is -2.04. The van der Waals surface area contributed by atoms with Crippen molar-refractivity contribution in [2.45, 2.75) is 55.9 Å². The quantitative estimate of drug-likeness (QED) is 0.476. The first-order valence-corrected chi connectivity index (χ1v) is 14.6. The van der Waals surface area contributed by atoms with E-state index in [1.54, 1.807) is 4.90 Å². The molecule has 10 heteroatoms. The van der Waals surface area contributed by atoms with Crippen LogP contribution in [0, 0.1) is 11.8 Å². The topological polar surface area (TPSA) is 100 Å². The number of ether oxygens (including phenoxy) is 2. The lowest BCUT2D eigenvalue weighted by Gasteiger charge is -2.35. The number of carbonyl (C=O) groups excluding carboxylic acids is 3. The molecule has 0 aromatic heterocycles. The molecular weight excluding hydrogens is 552 g/mol. The van der Waals surface area contributed by atoms with E-state index < -0.39 is 29.6 Å². The second-order valence-electron chi connectivity index (χ2n) is 11.0. The second-order valence-corrected chi connectivity index (χ2v) is 11.9. The van der Waals surface area contributed by atoms with Crippen molar-refractivity contribution in [3.05, 3.63) is 40.9 Å². The van der Waals surface area contributed by atoms with Crippen molar-refractivity contribution in [1.82, 2.24) is 15.1 Å². The molecule has 3 amide bonds. The van der Waals surface area contributed by atoms with Crippen LogP contribution in [0.15, 0.2) is 40.9 Å². The van der Waals surface area contributed by atoms with E-state index >= 15 is 0 Å². The van der Waals surface area contributed by atoms with Gasteiger partial charge >= 0.3 is 0 Å². The van der Waals surface area contributed by atoms with Gasteiger partial charge in [-0.05, 0) is 37.1 Å². The van der Waals surface area contributed by atoms with Gasteiger partial charge in [0.2, 0.25) is 17.7 Å². The summed E-state index contributed by atoms with van der Waals surface area (Å²) in [6, 6.07) is 6.65. The minimum atomic E-state index is -1.13. The molecule has 5 aliphatic rings. The number of anilines is 1. The number of halogens is 1. The highest BCUT2D eigenvalue weighted by molar-refractivity contribution is 9.10. The number of carbonyl (C=O) groups is 3. The molecule has 4 fully saturated rings. The SMILES string of the molecule is O=C(Nc1ccc(Br)cc1)[C@H]1[C@H]2C=C[C@@]3(O2)[C@H]1C(=O)N(CCN1CCOCC1)[C@@H]3C(=O)NC1CCCCC1. The monoisotopic (exact) mass is 586 g/mol. The first-order chi connectivity index (χ1) is 18.5. The number of amides is 3. The molecule has 2 bridgehead atoms. The van der Waals surface area contributed by atoms with Crippen LogP contribution in [-0.2, 0) is 23.9 Å². The summed E-state index contributed by atoms with van der Waals surface area (Å²) in [4.78, 5) is 45.4. The molecule has 3 saturated heterocycles. The van der Waals surface area contributed by atoms with Gasteiger partial charge in [-0.3, -0.25) is 19.3 Å². The zero-order valence-electron chi connectivity index (χ0n) is 21.4. The Labute approximate surface area is 231 Å². The molecule has 1 aromatic rings. The first kappa shape index (κ1) is 26.0. The van der Waals surface area contributed by atoms with Crippen LogP contribution in [-0.4, -0.2) is 90.7 Å². The number of likely N-dealkylation sites (tertiary alicyclic amines) is 1. The number of nitrogens with zero attached hydrogens (tertiary/aromatic N) is 2. The number of fused-ring (bicyclic) bond motifs is 1. The van der Waals surface area contributed by atoms with Crippen molar-refractivity contribution in [1.29, 1.82) is 0 Å². The molecule has 6 rings (SSSR count). The van der Waals surface area contributed by atoms with Gasteiger partial charge in [0.15, 0.2) is 0 Å². The molecule has 4 heterocycles. The molecule has 1 spiro atoms. The van der Waals surface area contributed by atoms with Crippen LogP contribution in [0.1, 0.15) is 32.1 Å². The van der Waals surface area contributed by atoms with Gasteiger partial charge in [0, 0.05) is 42.4 Å². The molecule has 0 unspecified atom stereocenters. The van der Waals surface area contributed by atoms with E-state index in [2.05, 4.69) is 31.5 Å². The lowest BCUT2D eigenvalue weighted by molar-refractivity contribution is -0.141. The van der Waals surface area contributed by atoms with Crippen LogP contribution in [0.3, 0.4) is 0 Å². The standard InChI is InChI=1S/C28H35BrN4O5/c29-18-6-8-20(9-7-18)30-25(34)22-21-10-11-28(38-21)23(22)27(36)33(13-12-32-14-16-37-17-15-32)24(28)26(35)31-19-4-2-1-3-5-19/h6-11,19,21-24H,1-5,12-17H2,(H,30,34)(H,31,35)/t21-,22+,23-,24-,28-/m1/s1. The summed E-state index contributed by atoms with van der Waals surface area (Å²) in [7, 11) is 0. The van der Waals surface area contributed by atoms with Crippen molar-refractivity contribution >= 4 is 39.3 Å². The van der Waals surface area contributed by atoms with Crippen molar-refractivity contribution < 1.29 is 23.9 Å². The van der Waals surface area contributed by atoms with Gasteiger partial charge in [-0.2, -0.15) is 0 Å². The molecule has 38 heavy (non-hydrogen) atoms. The summed E-state index contributed by atoms with van der Waals surface area (Å²) >= 11 is 3.41. The van der Waals surface area contributed by atoms with E-state index in [9.17, 15) is 14.4 Å². The molecule has 1 saturated carbocycles. The predicted octanol–water partition coefficient (Wildman–Crippen LogP) is 2.32. The van der Waals surface area contributed by atoms with Crippen LogP contribution >= 0.6 is 15.9 Å². The predicted molar refractivity (Wildman–Crippen MR) is 144 cm³/mol. The van der Waals surface area contributed by atoms with Crippen molar-refractivity contribution in [2.75, 3.05) is 44.7 Å². The van der Waals surface area contributed by atoms with E-state index in [-0.39, 0.29) is 23.8 Å². The van der Waals surface area contributed by atoms with E-state index in [4.69, 9.17) is 9.47 Å². The van der Waals surface area contributed by atoms with Crippen LogP contribution in [0.2, 0.25) is 0 Å². The maximum Gasteiger partial charge on any atom is 0.246 e. The minimum absolute atomic E-state index is 0.113. The molecule has 5 atom stereocenters. The fourth-order valence-corrected chi connectivity index (χ4v) is 7.13. The fourth-order valence-electron chi connectivity index (χ4n) is 6.87. The van der Waals surface area contributed by atoms with Gasteiger partial charge in [-0.25, -0.2) is 0 Å². The number of morpholine rings is 1. The van der Waals surface area contributed by atoms with E-state index in [1.807, 2.05) is 36.4 Å². The maximum absolute atomic E-state index is 14.1. The number of rotatable bonds is 7. The highest BCUT2D eigenvalue weighted by Crippen LogP contribution is 2.55. The van der Waals surface area contributed by atoms with Crippen molar-refractivity contribution in [2.24, 2.45) is 11.8 Å². The molecule has 204 valence electrons. The average molecular weight is 588 g/mol. The first-order valence-electron chi connectivity index (χ1n) is 13.8. The van der Waals surface area contributed by atoms with Crippen LogP contribution in [0.4, 0.5) is 5.69 Å². The number of hydrogen-bond donors (Lipinski definition) is 2. The summed E-state index contributed by atoms with van der Waals surface area (Å²) in [6.07, 6.45) is 8.49. The normalized spacial score (nSPS) is 33.0. The van der Waals surface area contributed by atoms with Gasteiger partial charge in [0.25, 0.3) is 0 Å². The number of hydrogen-bond acceptors (Lipinski definition) is 6. The number of nitrogens with one attached hydrogen (secondary N) is 2. The Hall–Kier alpha value is -2.27. The van der Waals surface area contributed by atoms with Crippen LogP contribution in [0.25, 0.3) is 0 Å².